The molecule has 1 heterocycles. The summed E-state index contributed by atoms with van der Waals surface area (Å²) in [7, 11) is 0. The van der Waals surface area contributed by atoms with Crippen LogP contribution in [0, 0.1) is 24.6 Å². The number of aliphatic hydroxyl groups is 1. The molecule has 1 amide bonds. The van der Waals surface area contributed by atoms with E-state index in [0.29, 0.717) is 5.69 Å². The third-order valence-corrected chi connectivity index (χ3v) is 2.56. The summed E-state index contributed by atoms with van der Waals surface area (Å²) in [6.45, 7) is 1.64. The van der Waals surface area contributed by atoms with E-state index in [9.17, 15) is 9.18 Å². The summed E-state index contributed by atoms with van der Waals surface area (Å²) >= 11 is 0. The number of amides is 1. The second-order valence-electron chi connectivity index (χ2n) is 4.26. The first-order valence-electron chi connectivity index (χ1n) is 6.24. The van der Waals surface area contributed by atoms with Gasteiger partial charge in [-0.2, -0.15) is 0 Å². The highest BCUT2D eigenvalue weighted by Gasteiger charge is 2.11. The van der Waals surface area contributed by atoms with E-state index in [-0.39, 0.29) is 30.0 Å². The number of halogens is 1. The SMILES string of the molecule is Cc1cc(NC(=O)c2ccc(C#CCCO)c(F)c2)on1. The number of nitrogens with zero attached hydrogens (tertiary/aromatic N) is 1. The average Bonchev–Trinajstić information content (AvgIpc) is 2.86. The zero-order valence-corrected chi connectivity index (χ0v) is 11.3. The Hall–Kier alpha value is -2.65. The van der Waals surface area contributed by atoms with Gasteiger partial charge < -0.3 is 9.63 Å². The van der Waals surface area contributed by atoms with Crippen LogP contribution < -0.4 is 5.32 Å². The van der Waals surface area contributed by atoms with Gasteiger partial charge in [-0.3, -0.25) is 10.1 Å². The lowest BCUT2D eigenvalue weighted by Crippen LogP contribution is -2.11. The van der Waals surface area contributed by atoms with Crippen molar-refractivity contribution in [1.29, 1.82) is 0 Å². The van der Waals surface area contributed by atoms with Crippen LogP contribution in [0.2, 0.25) is 0 Å². The van der Waals surface area contributed by atoms with Crippen molar-refractivity contribution >= 4 is 11.8 Å². The van der Waals surface area contributed by atoms with Crippen LogP contribution in [0.3, 0.4) is 0 Å². The predicted molar refractivity (Wildman–Crippen MR) is 74.2 cm³/mol. The van der Waals surface area contributed by atoms with Crippen LogP contribution in [-0.4, -0.2) is 22.8 Å². The second-order valence-corrected chi connectivity index (χ2v) is 4.26. The van der Waals surface area contributed by atoms with Crippen molar-refractivity contribution < 1.29 is 18.8 Å². The molecule has 21 heavy (non-hydrogen) atoms. The Kier molecular flexibility index (Phi) is 4.69. The number of nitrogens with one attached hydrogen (secondary N) is 1. The normalized spacial score (nSPS) is 9.86. The van der Waals surface area contributed by atoms with Gasteiger partial charge in [-0.05, 0) is 25.1 Å². The molecular formula is C15H13FN2O3. The maximum absolute atomic E-state index is 13.8. The lowest BCUT2D eigenvalue weighted by atomic mass is 10.1. The van der Waals surface area contributed by atoms with E-state index in [1.807, 2.05) is 0 Å². The molecule has 1 aromatic carbocycles. The highest BCUT2D eigenvalue weighted by Crippen LogP contribution is 2.13. The standard InChI is InChI=1S/C15H13FN2O3/c1-10-8-14(21-18-10)17-15(20)12-6-5-11(13(16)9-12)4-2-3-7-19/h5-6,8-9,19H,3,7H2,1H3,(H,17,20). The molecule has 0 radical (unpaired) electrons. The molecule has 0 atom stereocenters. The van der Waals surface area contributed by atoms with Crippen molar-refractivity contribution in [3.05, 3.63) is 46.9 Å². The van der Waals surface area contributed by atoms with Crippen LogP contribution in [0.25, 0.3) is 0 Å². The Morgan fingerprint density at radius 3 is 2.90 bits per heavy atom. The predicted octanol–water partition coefficient (Wildman–Crippen LogP) is 2.11. The quantitative estimate of drug-likeness (QED) is 0.848. The molecule has 0 aliphatic rings. The van der Waals surface area contributed by atoms with Crippen molar-refractivity contribution in [2.75, 3.05) is 11.9 Å². The van der Waals surface area contributed by atoms with E-state index >= 15 is 0 Å². The molecule has 108 valence electrons. The summed E-state index contributed by atoms with van der Waals surface area (Å²) in [4.78, 5) is 11.9. The summed E-state index contributed by atoms with van der Waals surface area (Å²) < 4.78 is 18.7. The third kappa shape index (κ3) is 3.91. The third-order valence-electron chi connectivity index (χ3n) is 2.56. The van der Waals surface area contributed by atoms with E-state index < -0.39 is 11.7 Å². The number of aryl methyl sites for hydroxylation is 1. The fourth-order valence-electron chi connectivity index (χ4n) is 1.58. The lowest BCUT2D eigenvalue weighted by Gasteiger charge is -2.02. The van der Waals surface area contributed by atoms with E-state index in [1.54, 1.807) is 13.0 Å². The Bertz CT molecular complexity index is 713. The first kappa shape index (κ1) is 14.8. The number of rotatable bonds is 3. The van der Waals surface area contributed by atoms with Gasteiger partial charge in [-0.25, -0.2) is 4.39 Å². The fraction of sp³-hybridized carbons (Fsp3) is 0.200. The zero-order valence-electron chi connectivity index (χ0n) is 11.3. The van der Waals surface area contributed by atoms with Crippen LogP contribution in [0.4, 0.5) is 10.3 Å². The molecule has 2 aromatic rings. The molecule has 5 nitrogen and oxygen atoms in total. The smallest absolute Gasteiger partial charge is 0.258 e. The van der Waals surface area contributed by atoms with E-state index in [4.69, 9.17) is 9.63 Å². The number of hydrogen-bond acceptors (Lipinski definition) is 4. The molecule has 0 unspecified atom stereocenters. The number of aliphatic hydroxyl groups excluding tert-OH is 1. The Balaban J connectivity index is 2.12. The summed E-state index contributed by atoms with van der Waals surface area (Å²) in [5.74, 6) is 4.31. The van der Waals surface area contributed by atoms with Gasteiger partial charge in [0.05, 0.1) is 17.9 Å². The number of benzene rings is 1. The molecule has 0 spiro atoms. The molecule has 6 heteroatoms. The maximum Gasteiger partial charge on any atom is 0.258 e. The first-order valence-corrected chi connectivity index (χ1v) is 6.24. The first-order chi connectivity index (χ1) is 10.1. The minimum Gasteiger partial charge on any atom is -0.395 e. The van der Waals surface area contributed by atoms with Crippen molar-refractivity contribution in [3.8, 4) is 11.8 Å². The Morgan fingerprint density at radius 2 is 2.29 bits per heavy atom. The van der Waals surface area contributed by atoms with Crippen LogP contribution in [0.5, 0.6) is 0 Å². The van der Waals surface area contributed by atoms with Crippen molar-refractivity contribution in [2.24, 2.45) is 0 Å². The Morgan fingerprint density at radius 1 is 1.48 bits per heavy atom. The van der Waals surface area contributed by atoms with Gasteiger partial charge in [0, 0.05) is 18.1 Å². The fourth-order valence-corrected chi connectivity index (χ4v) is 1.58. The number of hydrogen-bond donors (Lipinski definition) is 2. The maximum atomic E-state index is 13.8. The van der Waals surface area contributed by atoms with E-state index in [2.05, 4.69) is 22.3 Å². The van der Waals surface area contributed by atoms with Crippen LogP contribution in [0.1, 0.15) is 28.0 Å². The molecule has 0 fully saturated rings. The van der Waals surface area contributed by atoms with Crippen LogP contribution in [-0.2, 0) is 0 Å². The van der Waals surface area contributed by atoms with Gasteiger partial charge in [-0.15, -0.1) is 0 Å². The van der Waals surface area contributed by atoms with Gasteiger partial charge in [-0.1, -0.05) is 17.0 Å². The topological polar surface area (TPSA) is 75.4 Å². The summed E-state index contributed by atoms with van der Waals surface area (Å²) in [5.41, 5.74) is 0.954. The summed E-state index contributed by atoms with van der Waals surface area (Å²) in [6.07, 6.45) is 0.270. The van der Waals surface area contributed by atoms with Crippen molar-refractivity contribution in [2.45, 2.75) is 13.3 Å². The molecule has 0 saturated heterocycles. The number of carbonyl (C=O) groups excluding carboxylic acids is 1. The number of anilines is 1. The van der Waals surface area contributed by atoms with Gasteiger partial charge in [0.1, 0.15) is 5.82 Å². The molecule has 0 aliphatic heterocycles. The monoisotopic (exact) mass is 288 g/mol. The zero-order chi connectivity index (χ0) is 15.2. The van der Waals surface area contributed by atoms with Crippen molar-refractivity contribution in [3.63, 3.8) is 0 Å². The number of carbonyl (C=O) groups is 1. The highest BCUT2D eigenvalue weighted by atomic mass is 19.1. The van der Waals surface area contributed by atoms with Crippen molar-refractivity contribution in [1.82, 2.24) is 5.16 Å². The van der Waals surface area contributed by atoms with Gasteiger partial charge in [0.15, 0.2) is 0 Å². The molecule has 2 N–H and O–H groups in total. The molecular weight excluding hydrogens is 275 g/mol. The van der Waals surface area contributed by atoms with Crippen LogP contribution in [0.15, 0.2) is 28.8 Å². The van der Waals surface area contributed by atoms with Crippen LogP contribution >= 0.6 is 0 Å². The van der Waals surface area contributed by atoms with Gasteiger partial charge in [0.2, 0.25) is 5.88 Å². The number of aromatic nitrogens is 1. The largest absolute Gasteiger partial charge is 0.395 e. The highest BCUT2D eigenvalue weighted by molar-refractivity contribution is 6.03. The van der Waals surface area contributed by atoms with E-state index in [0.717, 1.165) is 6.07 Å². The Labute approximate surface area is 120 Å². The lowest BCUT2D eigenvalue weighted by molar-refractivity contribution is 0.102. The van der Waals surface area contributed by atoms with Gasteiger partial charge >= 0.3 is 0 Å². The summed E-state index contributed by atoms with van der Waals surface area (Å²) in [5, 5.41) is 14.7. The minimum absolute atomic E-state index is 0.0777. The molecule has 0 saturated carbocycles. The second kappa shape index (κ2) is 6.68. The summed E-state index contributed by atoms with van der Waals surface area (Å²) in [6, 6.07) is 5.54. The molecule has 1 aromatic heterocycles. The van der Waals surface area contributed by atoms with Gasteiger partial charge in [0.25, 0.3) is 5.91 Å². The molecule has 0 aliphatic carbocycles. The molecule has 2 rings (SSSR count). The molecule has 0 bridgehead atoms. The average molecular weight is 288 g/mol. The van der Waals surface area contributed by atoms with E-state index in [1.165, 1.54) is 12.1 Å². The minimum atomic E-state index is -0.596.